The molecule has 0 N–H and O–H groups in total. The Morgan fingerprint density at radius 3 is 2.26 bits per heavy atom. The van der Waals surface area contributed by atoms with Crippen LogP contribution in [0.5, 0.6) is 0 Å². The highest BCUT2D eigenvalue weighted by Gasteiger charge is 2.65. The normalized spacial score (nSPS) is 30.9. The number of Topliss-reactive ketones (excluding diaryl/α,β-unsaturated/α-hetero) is 1. The van der Waals surface area contributed by atoms with Gasteiger partial charge in [0.25, 0.3) is 0 Å². The molecule has 3 fully saturated rings. The van der Waals surface area contributed by atoms with Crippen molar-refractivity contribution in [2.45, 2.75) is 33.1 Å². The van der Waals surface area contributed by atoms with Crippen molar-refractivity contribution in [1.29, 1.82) is 0 Å². The van der Waals surface area contributed by atoms with Crippen molar-refractivity contribution in [1.82, 2.24) is 4.31 Å². The van der Waals surface area contributed by atoms with Crippen molar-refractivity contribution in [2.24, 2.45) is 16.7 Å². The summed E-state index contributed by atoms with van der Waals surface area (Å²) in [7, 11) is -3.50. The monoisotopic (exact) mass is 394 g/mol. The third kappa shape index (κ3) is 2.90. The number of nitrogens with zero attached hydrogens (tertiary/aromatic N) is 2. The minimum atomic E-state index is -3.50. The molecule has 0 spiro atoms. The SMILES string of the molecule is CC1(C)[C@@H]2CC[C@@]1(CS(=O)(=O)N1CCN(c3ccc(F)cc3)CC1)C(=O)C2. The first kappa shape index (κ1) is 18.9. The molecular formula is C20H27FN2O3S. The number of piperazine rings is 1. The van der Waals surface area contributed by atoms with Crippen LogP contribution in [-0.4, -0.2) is 50.4 Å². The van der Waals surface area contributed by atoms with Crippen LogP contribution in [0, 0.1) is 22.6 Å². The smallest absolute Gasteiger partial charge is 0.215 e. The first-order chi connectivity index (χ1) is 12.7. The van der Waals surface area contributed by atoms with Crippen molar-refractivity contribution in [2.75, 3.05) is 36.8 Å². The van der Waals surface area contributed by atoms with Gasteiger partial charge in [-0.05, 0) is 48.4 Å². The van der Waals surface area contributed by atoms with Crippen molar-refractivity contribution >= 4 is 21.5 Å². The van der Waals surface area contributed by atoms with Crippen molar-refractivity contribution in [3.8, 4) is 0 Å². The molecule has 148 valence electrons. The fourth-order valence-corrected chi connectivity index (χ4v) is 7.59. The topological polar surface area (TPSA) is 57.7 Å². The minimum absolute atomic E-state index is 0.0567. The number of halogens is 1. The Morgan fingerprint density at radius 1 is 1.11 bits per heavy atom. The second-order valence-corrected chi connectivity index (χ2v) is 10.8. The number of fused-ring (bicyclic) bond motifs is 2. The van der Waals surface area contributed by atoms with Gasteiger partial charge in [-0.25, -0.2) is 12.8 Å². The van der Waals surface area contributed by atoms with Crippen LogP contribution < -0.4 is 4.90 Å². The average Bonchev–Trinajstić information content (AvgIpc) is 2.96. The maximum Gasteiger partial charge on any atom is 0.215 e. The summed E-state index contributed by atoms with van der Waals surface area (Å²) in [6.07, 6.45) is 2.17. The Balaban J connectivity index is 1.46. The van der Waals surface area contributed by atoms with E-state index < -0.39 is 15.4 Å². The van der Waals surface area contributed by atoms with E-state index in [-0.39, 0.29) is 22.8 Å². The number of hydrogen-bond donors (Lipinski definition) is 0. The van der Waals surface area contributed by atoms with E-state index in [2.05, 4.69) is 18.7 Å². The van der Waals surface area contributed by atoms with Gasteiger partial charge in [0, 0.05) is 43.7 Å². The molecule has 2 bridgehead atoms. The predicted molar refractivity (Wildman–Crippen MR) is 103 cm³/mol. The molecule has 0 unspecified atom stereocenters. The number of carbonyl (C=O) groups excluding carboxylic acids is 1. The molecule has 0 amide bonds. The molecule has 0 aromatic heterocycles. The number of benzene rings is 1. The van der Waals surface area contributed by atoms with Gasteiger partial charge < -0.3 is 4.90 Å². The van der Waals surface area contributed by atoms with E-state index in [4.69, 9.17) is 0 Å². The van der Waals surface area contributed by atoms with Gasteiger partial charge in [0.1, 0.15) is 11.6 Å². The van der Waals surface area contributed by atoms with Gasteiger partial charge in [-0.1, -0.05) is 13.8 Å². The van der Waals surface area contributed by atoms with Crippen molar-refractivity contribution in [3.63, 3.8) is 0 Å². The number of rotatable bonds is 4. The zero-order chi connectivity index (χ0) is 19.4. The van der Waals surface area contributed by atoms with Gasteiger partial charge >= 0.3 is 0 Å². The van der Waals surface area contributed by atoms with Crippen LogP contribution in [0.4, 0.5) is 10.1 Å². The summed E-state index contributed by atoms with van der Waals surface area (Å²) in [4.78, 5) is 14.7. The number of anilines is 1. The fraction of sp³-hybridized carbons (Fsp3) is 0.650. The fourth-order valence-electron chi connectivity index (χ4n) is 5.39. The summed E-state index contributed by atoms with van der Waals surface area (Å²) >= 11 is 0. The predicted octanol–water partition coefficient (Wildman–Crippen LogP) is 2.67. The van der Waals surface area contributed by atoms with Crippen molar-refractivity contribution in [3.05, 3.63) is 30.1 Å². The van der Waals surface area contributed by atoms with Crippen LogP contribution in [-0.2, 0) is 14.8 Å². The Bertz CT molecular complexity index is 844. The summed E-state index contributed by atoms with van der Waals surface area (Å²) < 4.78 is 40.9. The minimum Gasteiger partial charge on any atom is -0.369 e. The van der Waals surface area contributed by atoms with Crippen LogP contribution >= 0.6 is 0 Å². The van der Waals surface area contributed by atoms with E-state index >= 15 is 0 Å². The Morgan fingerprint density at radius 2 is 1.74 bits per heavy atom. The molecule has 1 aromatic rings. The number of ketones is 1. The van der Waals surface area contributed by atoms with E-state index in [1.165, 1.54) is 16.4 Å². The first-order valence-electron chi connectivity index (χ1n) is 9.67. The Hall–Kier alpha value is -1.47. The van der Waals surface area contributed by atoms with E-state index in [1.54, 1.807) is 12.1 Å². The number of carbonyl (C=O) groups is 1. The molecule has 3 aliphatic rings. The lowest BCUT2D eigenvalue weighted by Crippen LogP contribution is -2.52. The largest absolute Gasteiger partial charge is 0.369 e. The molecule has 5 nitrogen and oxygen atoms in total. The van der Waals surface area contributed by atoms with Gasteiger partial charge in [0.2, 0.25) is 10.0 Å². The van der Waals surface area contributed by atoms with Gasteiger partial charge in [0.05, 0.1) is 5.75 Å². The van der Waals surface area contributed by atoms with Crippen LogP contribution in [0.2, 0.25) is 0 Å². The van der Waals surface area contributed by atoms with E-state index in [1.807, 2.05) is 0 Å². The third-order valence-corrected chi connectivity index (χ3v) is 9.40. The van der Waals surface area contributed by atoms with Crippen molar-refractivity contribution < 1.29 is 17.6 Å². The number of sulfonamides is 1. The molecule has 1 heterocycles. The molecule has 2 atom stereocenters. The molecule has 0 radical (unpaired) electrons. The maximum absolute atomic E-state index is 13.2. The third-order valence-electron chi connectivity index (χ3n) is 7.39. The molecule has 27 heavy (non-hydrogen) atoms. The lowest BCUT2D eigenvalue weighted by molar-refractivity contribution is -0.128. The first-order valence-corrected chi connectivity index (χ1v) is 11.3. The average molecular weight is 395 g/mol. The standard InChI is InChI=1S/C20H27FN2O3S/c1-19(2)15-7-8-20(19,18(24)13-15)14-27(25,26)23-11-9-22(10-12-23)17-5-3-16(21)4-6-17/h3-6,15H,7-14H2,1-2H3/t15-,20-/m1/s1. The highest BCUT2D eigenvalue weighted by Crippen LogP contribution is 2.64. The quantitative estimate of drug-likeness (QED) is 0.788. The molecular weight excluding hydrogens is 367 g/mol. The van der Waals surface area contributed by atoms with Crippen LogP contribution in [0.15, 0.2) is 24.3 Å². The lowest BCUT2D eigenvalue weighted by Gasteiger charge is -2.40. The molecule has 2 saturated carbocycles. The summed E-state index contributed by atoms with van der Waals surface area (Å²) in [5.74, 6) is 0.115. The van der Waals surface area contributed by atoms with E-state index in [0.717, 1.165) is 12.1 Å². The Labute approximate surface area is 160 Å². The summed E-state index contributed by atoms with van der Waals surface area (Å²) in [5.41, 5.74) is -0.0599. The second-order valence-electron chi connectivity index (χ2n) is 8.79. The zero-order valence-corrected chi connectivity index (χ0v) is 16.8. The summed E-state index contributed by atoms with van der Waals surface area (Å²) in [6.45, 7) is 6.06. The highest BCUT2D eigenvalue weighted by molar-refractivity contribution is 7.89. The lowest BCUT2D eigenvalue weighted by atomic mass is 9.70. The van der Waals surface area contributed by atoms with Crippen LogP contribution in [0.25, 0.3) is 0 Å². The molecule has 2 aliphatic carbocycles. The summed E-state index contributed by atoms with van der Waals surface area (Å²) in [6, 6.07) is 6.28. The van der Waals surface area contributed by atoms with Crippen LogP contribution in [0.1, 0.15) is 33.1 Å². The molecule has 1 aliphatic heterocycles. The molecule has 4 rings (SSSR count). The van der Waals surface area contributed by atoms with Gasteiger partial charge in [0.15, 0.2) is 0 Å². The Kier molecular flexibility index (Phi) is 4.38. The van der Waals surface area contributed by atoms with Gasteiger partial charge in [-0.15, -0.1) is 0 Å². The van der Waals surface area contributed by atoms with Gasteiger partial charge in [-0.3, -0.25) is 4.79 Å². The maximum atomic E-state index is 13.2. The molecule has 7 heteroatoms. The molecule has 1 saturated heterocycles. The van der Waals surface area contributed by atoms with Gasteiger partial charge in [-0.2, -0.15) is 4.31 Å². The van der Waals surface area contributed by atoms with E-state index in [9.17, 15) is 17.6 Å². The van der Waals surface area contributed by atoms with E-state index in [0.29, 0.717) is 44.9 Å². The summed E-state index contributed by atoms with van der Waals surface area (Å²) in [5, 5.41) is 0. The zero-order valence-electron chi connectivity index (χ0n) is 15.9. The number of hydrogen-bond acceptors (Lipinski definition) is 4. The molecule has 1 aromatic carbocycles. The van der Waals surface area contributed by atoms with Crippen LogP contribution in [0.3, 0.4) is 0 Å². The highest BCUT2D eigenvalue weighted by atomic mass is 32.2. The second kappa shape index (κ2) is 6.27.